The molecule has 0 unspecified atom stereocenters. The molecule has 0 heterocycles. The van der Waals surface area contributed by atoms with Crippen molar-refractivity contribution in [1.29, 1.82) is 0 Å². The summed E-state index contributed by atoms with van der Waals surface area (Å²) >= 11 is 0. The van der Waals surface area contributed by atoms with Gasteiger partial charge in [-0.25, -0.2) is 0 Å². The van der Waals surface area contributed by atoms with Gasteiger partial charge >= 0.3 is 0 Å². The molecule has 0 saturated carbocycles. The van der Waals surface area contributed by atoms with Crippen molar-refractivity contribution in [2.75, 3.05) is 0 Å². The van der Waals surface area contributed by atoms with Gasteiger partial charge in [0.25, 0.3) is 0 Å². The fourth-order valence-corrected chi connectivity index (χ4v) is 1.64. The highest BCUT2D eigenvalue weighted by atomic mass is 14.3. The molecule has 56 valence electrons. The van der Waals surface area contributed by atoms with E-state index in [1.54, 1.807) is 0 Å². The van der Waals surface area contributed by atoms with Crippen molar-refractivity contribution in [1.82, 2.24) is 0 Å². The zero-order chi connectivity index (χ0) is 7.57. The Bertz CT molecular complexity index is 223. The lowest BCUT2D eigenvalue weighted by molar-refractivity contribution is 0.517. The average Bonchev–Trinajstić information content (AvgIpc) is 2.32. The average molecular weight is 144 g/mol. The molecular weight excluding hydrogens is 132 g/mol. The molecule has 0 nitrogen and oxygen atoms in total. The quantitative estimate of drug-likeness (QED) is 0.490. The predicted molar refractivity (Wildman–Crippen MR) is 48.2 cm³/mol. The van der Waals surface area contributed by atoms with E-state index in [9.17, 15) is 0 Å². The van der Waals surface area contributed by atoms with Crippen molar-refractivity contribution in [3.8, 4) is 0 Å². The highest BCUT2D eigenvalue weighted by molar-refractivity contribution is 5.29. The van der Waals surface area contributed by atoms with Gasteiger partial charge in [0.05, 0.1) is 0 Å². The van der Waals surface area contributed by atoms with E-state index in [1.807, 2.05) is 0 Å². The van der Waals surface area contributed by atoms with Gasteiger partial charge in [-0.3, -0.25) is 0 Å². The number of hydrogen-bond acceptors (Lipinski definition) is 0. The van der Waals surface area contributed by atoms with Crippen molar-refractivity contribution < 1.29 is 0 Å². The standard InChI is InChI=1S/C11H12/c1-2-4-8-11(7-3-1)9-5-6-10-11/h1-6,9-10H,7-8H2. The monoisotopic (exact) mass is 144 g/mol. The first kappa shape index (κ1) is 6.66. The third kappa shape index (κ3) is 1.21. The van der Waals surface area contributed by atoms with Crippen molar-refractivity contribution in [2.24, 2.45) is 5.41 Å². The molecule has 1 spiro atoms. The van der Waals surface area contributed by atoms with Crippen LogP contribution in [-0.4, -0.2) is 0 Å². The molecule has 0 aromatic heterocycles. The van der Waals surface area contributed by atoms with Crippen LogP contribution in [0.1, 0.15) is 12.8 Å². The molecule has 0 aliphatic heterocycles. The van der Waals surface area contributed by atoms with Crippen molar-refractivity contribution >= 4 is 0 Å². The van der Waals surface area contributed by atoms with Gasteiger partial charge in [0.2, 0.25) is 0 Å². The highest BCUT2D eigenvalue weighted by Gasteiger charge is 2.23. The summed E-state index contributed by atoms with van der Waals surface area (Å²) in [5.74, 6) is 0. The van der Waals surface area contributed by atoms with E-state index in [0.717, 1.165) is 12.8 Å². The molecule has 0 saturated heterocycles. The summed E-state index contributed by atoms with van der Waals surface area (Å²) in [5.41, 5.74) is 0.323. The molecule has 2 aliphatic carbocycles. The van der Waals surface area contributed by atoms with Crippen LogP contribution >= 0.6 is 0 Å². The van der Waals surface area contributed by atoms with Crippen LogP contribution in [0.15, 0.2) is 48.6 Å². The molecule has 0 radical (unpaired) electrons. The second-order valence-corrected chi connectivity index (χ2v) is 3.22. The molecule has 0 bridgehead atoms. The van der Waals surface area contributed by atoms with Gasteiger partial charge in [-0.05, 0) is 12.8 Å². The zero-order valence-electron chi connectivity index (χ0n) is 6.53. The Balaban J connectivity index is 2.25. The lowest BCUT2D eigenvalue weighted by Crippen LogP contribution is -2.09. The molecular formula is C11H12. The maximum atomic E-state index is 2.30. The summed E-state index contributed by atoms with van der Waals surface area (Å²) in [5, 5.41) is 0. The predicted octanol–water partition coefficient (Wildman–Crippen LogP) is 3.01. The van der Waals surface area contributed by atoms with Crippen LogP contribution in [0.4, 0.5) is 0 Å². The summed E-state index contributed by atoms with van der Waals surface area (Å²) in [6, 6.07) is 0. The van der Waals surface area contributed by atoms with Crippen LogP contribution in [0.25, 0.3) is 0 Å². The summed E-state index contributed by atoms with van der Waals surface area (Å²) in [7, 11) is 0. The molecule has 2 rings (SSSR count). The minimum Gasteiger partial charge on any atom is -0.0834 e. The Morgan fingerprint density at radius 3 is 1.82 bits per heavy atom. The van der Waals surface area contributed by atoms with Crippen LogP contribution in [0.5, 0.6) is 0 Å². The van der Waals surface area contributed by atoms with Crippen molar-refractivity contribution in [3.05, 3.63) is 48.6 Å². The van der Waals surface area contributed by atoms with Crippen LogP contribution < -0.4 is 0 Å². The molecule has 0 amide bonds. The van der Waals surface area contributed by atoms with E-state index in [0.29, 0.717) is 5.41 Å². The zero-order valence-corrected chi connectivity index (χ0v) is 6.53. The minimum atomic E-state index is 0.323. The topological polar surface area (TPSA) is 0 Å². The number of hydrogen-bond donors (Lipinski definition) is 0. The molecule has 11 heavy (non-hydrogen) atoms. The Hall–Kier alpha value is -1.04. The first-order valence-corrected chi connectivity index (χ1v) is 4.10. The second kappa shape index (κ2) is 2.54. The molecule has 0 aromatic carbocycles. The van der Waals surface area contributed by atoms with Gasteiger partial charge in [-0.1, -0.05) is 48.6 Å². The Morgan fingerprint density at radius 2 is 1.27 bits per heavy atom. The normalized spacial score (nSPS) is 24.7. The van der Waals surface area contributed by atoms with Gasteiger partial charge in [0, 0.05) is 5.41 Å². The van der Waals surface area contributed by atoms with E-state index < -0.39 is 0 Å². The number of rotatable bonds is 0. The van der Waals surface area contributed by atoms with E-state index >= 15 is 0 Å². The molecule has 0 fully saturated rings. The van der Waals surface area contributed by atoms with E-state index in [1.165, 1.54) is 0 Å². The fraction of sp³-hybridized carbons (Fsp3) is 0.273. The maximum absolute atomic E-state index is 2.30. The van der Waals surface area contributed by atoms with E-state index in [-0.39, 0.29) is 0 Å². The SMILES string of the molecule is C1=CCC2(C=CC=C2)CC=C1. The van der Waals surface area contributed by atoms with Gasteiger partial charge in [-0.2, -0.15) is 0 Å². The van der Waals surface area contributed by atoms with Gasteiger partial charge in [-0.15, -0.1) is 0 Å². The third-order valence-corrected chi connectivity index (χ3v) is 2.35. The summed E-state index contributed by atoms with van der Waals surface area (Å²) in [6.07, 6.45) is 19.9. The lowest BCUT2D eigenvalue weighted by Gasteiger charge is -2.20. The first-order valence-electron chi connectivity index (χ1n) is 4.10. The minimum absolute atomic E-state index is 0.323. The second-order valence-electron chi connectivity index (χ2n) is 3.22. The third-order valence-electron chi connectivity index (χ3n) is 2.35. The van der Waals surface area contributed by atoms with E-state index in [2.05, 4.69) is 48.6 Å². The summed E-state index contributed by atoms with van der Waals surface area (Å²) in [4.78, 5) is 0. The summed E-state index contributed by atoms with van der Waals surface area (Å²) < 4.78 is 0. The summed E-state index contributed by atoms with van der Waals surface area (Å²) in [6.45, 7) is 0. The van der Waals surface area contributed by atoms with Gasteiger partial charge < -0.3 is 0 Å². The molecule has 0 aromatic rings. The van der Waals surface area contributed by atoms with E-state index in [4.69, 9.17) is 0 Å². The smallest absolute Gasteiger partial charge is 0.0136 e. The Kier molecular flexibility index (Phi) is 1.54. The fourth-order valence-electron chi connectivity index (χ4n) is 1.64. The molecule has 2 aliphatic rings. The maximum Gasteiger partial charge on any atom is 0.0136 e. The Labute approximate surface area is 67.6 Å². The highest BCUT2D eigenvalue weighted by Crippen LogP contribution is 2.35. The number of allylic oxidation sites excluding steroid dienone is 8. The largest absolute Gasteiger partial charge is 0.0834 e. The Morgan fingerprint density at radius 1 is 0.727 bits per heavy atom. The first-order chi connectivity index (χ1) is 5.41. The van der Waals surface area contributed by atoms with Crippen LogP contribution in [0.2, 0.25) is 0 Å². The molecule has 0 heteroatoms. The van der Waals surface area contributed by atoms with Crippen LogP contribution in [-0.2, 0) is 0 Å². The van der Waals surface area contributed by atoms with Crippen LogP contribution in [0, 0.1) is 5.41 Å². The van der Waals surface area contributed by atoms with Gasteiger partial charge in [0.15, 0.2) is 0 Å². The van der Waals surface area contributed by atoms with Gasteiger partial charge in [0.1, 0.15) is 0 Å². The lowest BCUT2D eigenvalue weighted by atomic mass is 9.83. The van der Waals surface area contributed by atoms with Crippen molar-refractivity contribution in [2.45, 2.75) is 12.8 Å². The molecule has 0 atom stereocenters. The molecule has 0 N–H and O–H groups in total. The van der Waals surface area contributed by atoms with Crippen LogP contribution in [0.3, 0.4) is 0 Å². The van der Waals surface area contributed by atoms with Crippen molar-refractivity contribution in [3.63, 3.8) is 0 Å².